The lowest BCUT2D eigenvalue weighted by atomic mass is 10.2. The molecule has 100 valence electrons. The minimum Gasteiger partial charge on any atom is -0.489 e. The zero-order valence-corrected chi connectivity index (χ0v) is 12.8. The van der Waals surface area contributed by atoms with Crippen molar-refractivity contribution in [1.82, 2.24) is 5.32 Å². The van der Waals surface area contributed by atoms with Gasteiger partial charge in [-0.3, -0.25) is 0 Å². The first-order valence-electron chi connectivity index (χ1n) is 6.46. The van der Waals surface area contributed by atoms with Crippen molar-refractivity contribution in [3.63, 3.8) is 0 Å². The van der Waals surface area contributed by atoms with Gasteiger partial charge in [-0.15, -0.1) is 0 Å². The molecule has 0 fully saturated rings. The van der Waals surface area contributed by atoms with Gasteiger partial charge in [-0.05, 0) is 43.2 Å². The largest absolute Gasteiger partial charge is 0.489 e. The molecule has 0 amide bonds. The van der Waals surface area contributed by atoms with Crippen molar-refractivity contribution in [3.05, 3.63) is 40.4 Å². The van der Waals surface area contributed by atoms with E-state index in [-0.39, 0.29) is 0 Å². The molecule has 2 nitrogen and oxygen atoms in total. The molecule has 0 aliphatic carbocycles. The molecule has 0 aliphatic heterocycles. The predicted octanol–water partition coefficient (Wildman–Crippen LogP) is 4.29. The summed E-state index contributed by atoms with van der Waals surface area (Å²) in [6, 6.07) is 6.12. The Bertz CT molecular complexity index is 390. The van der Waals surface area contributed by atoms with E-state index in [2.05, 4.69) is 47.7 Å². The van der Waals surface area contributed by atoms with Crippen LogP contribution < -0.4 is 10.1 Å². The number of hydrogen-bond donors (Lipinski definition) is 1. The van der Waals surface area contributed by atoms with Crippen LogP contribution in [0.25, 0.3) is 0 Å². The van der Waals surface area contributed by atoms with E-state index in [0.29, 0.717) is 6.61 Å². The Morgan fingerprint density at radius 2 is 2.17 bits per heavy atom. The highest BCUT2D eigenvalue weighted by molar-refractivity contribution is 9.10. The van der Waals surface area contributed by atoms with Gasteiger partial charge < -0.3 is 10.1 Å². The van der Waals surface area contributed by atoms with Crippen molar-refractivity contribution in [1.29, 1.82) is 0 Å². The fraction of sp³-hybridized carbons (Fsp3) is 0.467. The third-order valence-electron chi connectivity index (χ3n) is 2.70. The molecule has 0 aromatic heterocycles. The molecule has 1 rings (SSSR count). The zero-order chi connectivity index (χ0) is 13.4. The molecule has 0 radical (unpaired) electrons. The maximum absolute atomic E-state index is 5.82. The Kier molecular flexibility index (Phi) is 7.06. The minimum absolute atomic E-state index is 0.596. The summed E-state index contributed by atoms with van der Waals surface area (Å²) in [4.78, 5) is 0. The second-order valence-corrected chi connectivity index (χ2v) is 5.24. The van der Waals surface area contributed by atoms with Crippen molar-refractivity contribution >= 4 is 15.9 Å². The van der Waals surface area contributed by atoms with Gasteiger partial charge in [0.2, 0.25) is 0 Å². The van der Waals surface area contributed by atoms with Crippen LogP contribution in [-0.4, -0.2) is 13.2 Å². The van der Waals surface area contributed by atoms with Crippen LogP contribution in [0.3, 0.4) is 0 Å². The lowest BCUT2D eigenvalue weighted by Gasteiger charge is -2.13. The maximum atomic E-state index is 5.82. The van der Waals surface area contributed by atoms with Crippen LogP contribution in [0.4, 0.5) is 0 Å². The van der Waals surface area contributed by atoms with E-state index < -0.39 is 0 Å². The third-order valence-corrected chi connectivity index (χ3v) is 3.19. The Hall–Kier alpha value is -0.800. The first kappa shape index (κ1) is 15.3. The van der Waals surface area contributed by atoms with Gasteiger partial charge in [0.1, 0.15) is 12.4 Å². The molecule has 0 saturated heterocycles. The molecule has 0 bridgehead atoms. The van der Waals surface area contributed by atoms with Crippen molar-refractivity contribution < 1.29 is 4.74 Å². The Morgan fingerprint density at radius 3 is 2.83 bits per heavy atom. The molecule has 1 aromatic rings. The van der Waals surface area contributed by atoms with Gasteiger partial charge in [0, 0.05) is 16.6 Å². The molecule has 0 aliphatic rings. The van der Waals surface area contributed by atoms with Crippen LogP contribution >= 0.6 is 15.9 Å². The van der Waals surface area contributed by atoms with Gasteiger partial charge in [0.05, 0.1) is 0 Å². The van der Waals surface area contributed by atoms with Crippen LogP contribution in [0.1, 0.15) is 32.3 Å². The van der Waals surface area contributed by atoms with Gasteiger partial charge in [-0.25, -0.2) is 0 Å². The molecule has 1 N–H and O–H groups in total. The summed E-state index contributed by atoms with van der Waals surface area (Å²) in [5, 5.41) is 3.40. The number of hydrogen-bond acceptors (Lipinski definition) is 2. The third kappa shape index (κ3) is 5.23. The van der Waals surface area contributed by atoms with Crippen LogP contribution in [0.2, 0.25) is 0 Å². The van der Waals surface area contributed by atoms with Crippen LogP contribution in [0.15, 0.2) is 34.8 Å². The van der Waals surface area contributed by atoms with Crippen molar-refractivity contribution in [2.24, 2.45) is 0 Å². The van der Waals surface area contributed by atoms with Crippen LogP contribution in [0.5, 0.6) is 5.75 Å². The molecular weight excluding hydrogens is 290 g/mol. The van der Waals surface area contributed by atoms with Crippen molar-refractivity contribution in [2.45, 2.75) is 33.2 Å². The van der Waals surface area contributed by atoms with Crippen LogP contribution in [-0.2, 0) is 6.54 Å². The smallest absolute Gasteiger partial charge is 0.124 e. The summed E-state index contributed by atoms with van der Waals surface area (Å²) >= 11 is 3.50. The van der Waals surface area contributed by atoms with E-state index in [1.165, 1.54) is 5.56 Å². The Labute approximate surface area is 119 Å². The molecule has 0 unspecified atom stereocenters. The minimum atomic E-state index is 0.596. The first-order chi connectivity index (χ1) is 8.67. The lowest BCUT2D eigenvalue weighted by molar-refractivity contribution is 0.344. The van der Waals surface area contributed by atoms with Crippen molar-refractivity contribution in [3.8, 4) is 5.75 Å². The van der Waals surface area contributed by atoms with E-state index in [0.717, 1.165) is 41.7 Å². The van der Waals surface area contributed by atoms with Gasteiger partial charge in [-0.1, -0.05) is 36.4 Å². The molecule has 3 heteroatoms. The van der Waals surface area contributed by atoms with E-state index in [4.69, 9.17) is 4.74 Å². The number of halogens is 1. The normalized spacial score (nSPS) is 10.4. The number of ether oxygens (including phenoxy) is 1. The van der Waals surface area contributed by atoms with Gasteiger partial charge >= 0.3 is 0 Å². The fourth-order valence-electron chi connectivity index (χ4n) is 1.51. The molecular formula is C15H22BrNO. The van der Waals surface area contributed by atoms with E-state index in [1.807, 2.05) is 12.1 Å². The summed E-state index contributed by atoms with van der Waals surface area (Å²) in [5.74, 6) is 0.941. The maximum Gasteiger partial charge on any atom is 0.124 e. The second-order valence-electron chi connectivity index (χ2n) is 4.32. The SMILES string of the molecule is C=C(CC)COc1ccc(Br)cc1CNCCC. The van der Waals surface area contributed by atoms with E-state index in [1.54, 1.807) is 0 Å². The summed E-state index contributed by atoms with van der Waals surface area (Å²) in [7, 11) is 0. The fourth-order valence-corrected chi connectivity index (χ4v) is 1.92. The zero-order valence-electron chi connectivity index (χ0n) is 11.3. The molecule has 0 spiro atoms. The van der Waals surface area contributed by atoms with Gasteiger partial charge in [-0.2, -0.15) is 0 Å². The Balaban J connectivity index is 2.66. The summed E-state index contributed by atoms with van der Waals surface area (Å²) in [5.41, 5.74) is 2.30. The van der Waals surface area contributed by atoms with E-state index in [9.17, 15) is 0 Å². The topological polar surface area (TPSA) is 21.3 Å². The first-order valence-corrected chi connectivity index (χ1v) is 7.25. The van der Waals surface area contributed by atoms with Crippen LogP contribution in [0, 0.1) is 0 Å². The monoisotopic (exact) mass is 311 g/mol. The molecule has 0 atom stereocenters. The summed E-state index contributed by atoms with van der Waals surface area (Å²) in [6.45, 7) is 10.7. The number of nitrogens with one attached hydrogen (secondary N) is 1. The molecule has 0 saturated carbocycles. The average molecular weight is 312 g/mol. The highest BCUT2D eigenvalue weighted by Gasteiger charge is 2.05. The highest BCUT2D eigenvalue weighted by atomic mass is 79.9. The second kappa shape index (κ2) is 8.33. The lowest BCUT2D eigenvalue weighted by Crippen LogP contribution is -2.15. The molecule has 1 aromatic carbocycles. The summed E-state index contributed by atoms with van der Waals surface area (Å²) < 4.78 is 6.90. The van der Waals surface area contributed by atoms with Crippen molar-refractivity contribution in [2.75, 3.05) is 13.2 Å². The molecule has 0 heterocycles. The number of rotatable bonds is 8. The Morgan fingerprint density at radius 1 is 1.39 bits per heavy atom. The van der Waals surface area contributed by atoms with Gasteiger partial charge in [0.25, 0.3) is 0 Å². The quantitative estimate of drug-likeness (QED) is 0.571. The molecule has 18 heavy (non-hydrogen) atoms. The van der Waals surface area contributed by atoms with E-state index >= 15 is 0 Å². The standard InChI is InChI=1S/C15H22BrNO/c1-4-8-17-10-13-9-14(16)6-7-15(13)18-11-12(3)5-2/h6-7,9,17H,3-5,8,10-11H2,1-2H3. The highest BCUT2D eigenvalue weighted by Crippen LogP contribution is 2.23. The number of benzene rings is 1. The predicted molar refractivity (Wildman–Crippen MR) is 81.1 cm³/mol. The summed E-state index contributed by atoms with van der Waals surface area (Å²) in [6.07, 6.45) is 2.09. The average Bonchev–Trinajstić information content (AvgIpc) is 2.37. The van der Waals surface area contributed by atoms with Gasteiger partial charge in [0.15, 0.2) is 0 Å².